The molecule has 1 aromatic heterocycles. The molecule has 9 heteroatoms. The first-order valence-electron chi connectivity index (χ1n) is 11.7. The van der Waals surface area contributed by atoms with E-state index in [0.717, 1.165) is 58.1 Å². The summed E-state index contributed by atoms with van der Waals surface area (Å²) in [6.07, 6.45) is 4.12. The maximum atomic E-state index is 12.8. The maximum absolute atomic E-state index is 12.8. The lowest BCUT2D eigenvalue weighted by atomic mass is 9.95. The summed E-state index contributed by atoms with van der Waals surface area (Å²) in [5, 5.41) is 13.7. The van der Waals surface area contributed by atoms with E-state index in [-0.39, 0.29) is 17.6 Å². The van der Waals surface area contributed by atoms with E-state index < -0.39 is 4.92 Å². The summed E-state index contributed by atoms with van der Waals surface area (Å²) in [6, 6.07) is 11.8. The predicted octanol–water partition coefficient (Wildman–Crippen LogP) is 2.85. The normalized spacial score (nSPS) is 20.9. The first-order chi connectivity index (χ1) is 16.0. The smallest absolute Gasteiger partial charge is 0.269 e. The van der Waals surface area contributed by atoms with Crippen molar-refractivity contribution in [2.24, 2.45) is 5.92 Å². The van der Waals surface area contributed by atoms with Crippen LogP contribution in [0.3, 0.4) is 0 Å². The molecule has 2 atom stereocenters. The zero-order chi connectivity index (χ0) is 23.2. The molecule has 1 N–H and O–H groups in total. The lowest BCUT2D eigenvalue weighted by molar-refractivity contribution is -0.384. The van der Waals surface area contributed by atoms with Gasteiger partial charge in [-0.3, -0.25) is 24.7 Å². The topological polar surface area (TPSA) is 94.8 Å². The van der Waals surface area contributed by atoms with Gasteiger partial charge in [-0.05, 0) is 56.5 Å². The van der Waals surface area contributed by atoms with Crippen LogP contribution in [0.4, 0.5) is 17.2 Å². The van der Waals surface area contributed by atoms with E-state index in [0.29, 0.717) is 11.6 Å². The number of nitro groups is 1. The van der Waals surface area contributed by atoms with Gasteiger partial charge in [-0.2, -0.15) is 0 Å². The molecule has 0 radical (unpaired) electrons. The van der Waals surface area contributed by atoms with Gasteiger partial charge in [-0.25, -0.2) is 4.98 Å². The molecule has 1 amide bonds. The summed E-state index contributed by atoms with van der Waals surface area (Å²) >= 11 is 0. The third-order valence-electron chi connectivity index (χ3n) is 6.69. The number of piperidine rings is 1. The standard InChI is InChI=1S/C24H32N6O3/c1-19(24(31)26-21-7-9-22(10-8-21)30(32)33)29-12-4-5-20(18-29)17-27-13-15-28(16-14-27)23-6-2-3-11-25-23/h2-3,6-11,19-20H,4-5,12-18H2,1H3,(H,26,31). The third-order valence-corrected chi connectivity index (χ3v) is 6.69. The van der Waals surface area contributed by atoms with Gasteiger partial charge < -0.3 is 10.2 Å². The van der Waals surface area contributed by atoms with E-state index >= 15 is 0 Å². The summed E-state index contributed by atoms with van der Waals surface area (Å²) in [4.78, 5) is 34.8. The number of aromatic nitrogens is 1. The molecule has 0 aliphatic carbocycles. The van der Waals surface area contributed by atoms with E-state index in [4.69, 9.17) is 0 Å². The first-order valence-corrected chi connectivity index (χ1v) is 11.7. The van der Waals surface area contributed by atoms with Crippen LogP contribution in [-0.2, 0) is 4.79 Å². The zero-order valence-corrected chi connectivity index (χ0v) is 19.1. The van der Waals surface area contributed by atoms with Crippen molar-refractivity contribution in [3.63, 3.8) is 0 Å². The van der Waals surface area contributed by atoms with Crippen molar-refractivity contribution in [3.05, 3.63) is 58.8 Å². The highest BCUT2D eigenvalue weighted by molar-refractivity contribution is 5.94. The minimum Gasteiger partial charge on any atom is -0.354 e. The van der Waals surface area contributed by atoms with Crippen LogP contribution in [0.1, 0.15) is 19.8 Å². The van der Waals surface area contributed by atoms with Crippen LogP contribution in [0.2, 0.25) is 0 Å². The molecule has 2 aliphatic rings. The van der Waals surface area contributed by atoms with Gasteiger partial charge in [-0.15, -0.1) is 0 Å². The molecule has 33 heavy (non-hydrogen) atoms. The molecule has 0 spiro atoms. The molecule has 4 rings (SSSR count). The molecule has 2 unspecified atom stereocenters. The number of amides is 1. The number of non-ortho nitro benzene ring substituents is 1. The number of nitro benzene ring substituents is 1. The number of rotatable bonds is 7. The number of nitrogens with zero attached hydrogens (tertiary/aromatic N) is 5. The molecule has 1 aromatic carbocycles. The Bertz CT molecular complexity index is 931. The number of hydrogen-bond acceptors (Lipinski definition) is 7. The summed E-state index contributed by atoms with van der Waals surface area (Å²) < 4.78 is 0. The van der Waals surface area contributed by atoms with Gasteiger partial charge >= 0.3 is 0 Å². The van der Waals surface area contributed by atoms with Crippen molar-refractivity contribution in [1.29, 1.82) is 0 Å². The van der Waals surface area contributed by atoms with Crippen LogP contribution in [0.25, 0.3) is 0 Å². The maximum Gasteiger partial charge on any atom is 0.269 e. The molecule has 2 aromatic rings. The van der Waals surface area contributed by atoms with E-state index in [1.807, 2.05) is 25.3 Å². The summed E-state index contributed by atoms with van der Waals surface area (Å²) in [6.45, 7) is 8.86. The number of pyridine rings is 1. The van der Waals surface area contributed by atoms with E-state index in [1.165, 1.54) is 18.6 Å². The van der Waals surface area contributed by atoms with E-state index in [9.17, 15) is 14.9 Å². The van der Waals surface area contributed by atoms with Crippen LogP contribution in [0.5, 0.6) is 0 Å². The van der Waals surface area contributed by atoms with E-state index in [1.54, 1.807) is 12.1 Å². The predicted molar refractivity (Wildman–Crippen MR) is 128 cm³/mol. The Morgan fingerprint density at radius 2 is 1.91 bits per heavy atom. The fourth-order valence-electron chi connectivity index (χ4n) is 4.74. The number of nitrogens with one attached hydrogen (secondary N) is 1. The van der Waals surface area contributed by atoms with Gasteiger partial charge in [0.05, 0.1) is 11.0 Å². The number of likely N-dealkylation sites (tertiary alicyclic amines) is 1. The lowest BCUT2D eigenvalue weighted by Crippen LogP contribution is -2.52. The van der Waals surface area contributed by atoms with Gasteiger partial charge in [-0.1, -0.05) is 6.07 Å². The van der Waals surface area contributed by atoms with Crippen LogP contribution in [0.15, 0.2) is 48.7 Å². The average Bonchev–Trinajstić information content (AvgIpc) is 2.85. The lowest BCUT2D eigenvalue weighted by Gasteiger charge is -2.40. The number of piperazine rings is 1. The minimum absolute atomic E-state index is 0.0146. The Kier molecular flexibility index (Phi) is 7.51. The molecule has 2 fully saturated rings. The van der Waals surface area contributed by atoms with Crippen molar-refractivity contribution in [3.8, 4) is 0 Å². The fourth-order valence-corrected chi connectivity index (χ4v) is 4.74. The third kappa shape index (κ3) is 6.06. The minimum atomic E-state index is -0.444. The molecule has 176 valence electrons. The highest BCUT2D eigenvalue weighted by atomic mass is 16.6. The monoisotopic (exact) mass is 452 g/mol. The van der Waals surface area contributed by atoms with Gasteiger partial charge in [0.1, 0.15) is 5.82 Å². The van der Waals surface area contributed by atoms with Crippen LogP contribution in [-0.4, -0.2) is 77.5 Å². The highest BCUT2D eigenvalue weighted by Gasteiger charge is 2.29. The van der Waals surface area contributed by atoms with E-state index in [2.05, 4.69) is 31.1 Å². The van der Waals surface area contributed by atoms with Crippen LogP contribution >= 0.6 is 0 Å². The van der Waals surface area contributed by atoms with Crippen molar-refractivity contribution in [2.45, 2.75) is 25.8 Å². The zero-order valence-electron chi connectivity index (χ0n) is 19.1. The Morgan fingerprint density at radius 1 is 1.15 bits per heavy atom. The molecule has 0 bridgehead atoms. The molecule has 2 aliphatic heterocycles. The second-order valence-electron chi connectivity index (χ2n) is 8.95. The number of benzene rings is 1. The average molecular weight is 453 g/mol. The van der Waals surface area contributed by atoms with Crippen LogP contribution < -0.4 is 10.2 Å². The second-order valence-corrected chi connectivity index (χ2v) is 8.95. The second kappa shape index (κ2) is 10.7. The van der Waals surface area contributed by atoms with Crippen molar-refractivity contribution >= 4 is 23.1 Å². The summed E-state index contributed by atoms with van der Waals surface area (Å²) in [5.74, 6) is 1.53. The highest BCUT2D eigenvalue weighted by Crippen LogP contribution is 2.22. The van der Waals surface area contributed by atoms with Gasteiger partial charge in [0.2, 0.25) is 5.91 Å². The fraction of sp³-hybridized carbons (Fsp3) is 0.500. The van der Waals surface area contributed by atoms with Crippen molar-refractivity contribution in [2.75, 3.05) is 56.0 Å². The van der Waals surface area contributed by atoms with Gasteiger partial charge in [0.25, 0.3) is 5.69 Å². The number of hydrogen-bond donors (Lipinski definition) is 1. The van der Waals surface area contributed by atoms with Gasteiger partial charge in [0.15, 0.2) is 0 Å². The van der Waals surface area contributed by atoms with Crippen molar-refractivity contribution < 1.29 is 9.72 Å². The Balaban J connectivity index is 1.25. The number of carbonyl (C=O) groups is 1. The Morgan fingerprint density at radius 3 is 2.58 bits per heavy atom. The molecule has 2 saturated heterocycles. The Hall–Kier alpha value is -3.04. The first kappa shape index (κ1) is 23.1. The molecule has 9 nitrogen and oxygen atoms in total. The number of carbonyl (C=O) groups excluding carboxylic acids is 1. The van der Waals surface area contributed by atoms with Gasteiger partial charge in [0, 0.05) is 63.3 Å². The summed E-state index contributed by atoms with van der Waals surface area (Å²) in [7, 11) is 0. The molecule has 3 heterocycles. The SMILES string of the molecule is CC(C(=O)Nc1ccc([N+](=O)[O-])cc1)N1CCCC(CN2CCN(c3ccccn3)CC2)C1. The molecule has 0 saturated carbocycles. The van der Waals surface area contributed by atoms with Crippen molar-refractivity contribution in [1.82, 2.24) is 14.8 Å². The summed E-state index contributed by atoms with van der Waals surface area (Å²) in [5.41, 5.74) is 0.595. The number of anilines is 2. The quantitative estimate of drug-likeness (QED) is 0.510. The molecular weight excluding hydrogens is 420 g/mol. The Labute approximate surface area is 194 Å². The largest absolute Gasteiger partial charge is 0.354 e. The molecular formula is C24H32N6O3. The van der Waals surface area contributed by atoms with Crippen LogP contribution in [0, 0.1) is 16.0 Å².